The zero-order valence-corrected chi connectivity index (χ0v) is 30.3. The van der Waals surface area contributed by atoms with Crippen molar-refractivity contribution in [3.63, 3.8) is 0 Å². The average molecular weight is 704 g/mol. The van der Waals surface area contributed by atoms with Crippen molar-refractivity contribution in [2.75, 3.05) is 0 Å². The summed E-state index contributed by atoms with van der Waals surface area (Å²) in [5.41, 5.74) is 7.38. The SMILES string of the molecule is c1ccc(C(c2ccccc2)c2ccc(O[P+](Oc3ccc(C(c4ccccc4)c4ccccc4)cc3)(c3ccccc3)c3ccccc3)cc2)cc1. The van der Waals surface area contributed by atoms with Crippen LogP contribution in [-0.2, 0) is 0 Å². The summed E-state index contributed by atoms with van der Waals surface area (Å²) in [6.45, 7) is 0. The number of hydrogen-bond acceptors (Lipinski definition) is 2. The lowest BCUT2D eigenvalue weighted by Crippen LogP contribution is -2.30. The molecule has 0 heterocycles. The number of rotatable bonds is 12. The van der Waals surface area contributed by atoms with Crippen molar-refractivity contribution < 1.29 is 9.05 Å². The topological polar surface area (TPSA) is 18.5 Å². The largest absolute Gasteiger partial charge is 0.428 e. The molecule has 0 unspecified atom stereocenters. The minimum atomic E-state index is -2.95. The van der Waals surface area contributed by atoms with Gasteiger partial charge in [-0.3, -0.25) is 9.05 Å². The molecule has 53 heavy (non-hydrogen) atoms. The van der Waals surface area contributed by atoms with E-state index < -0.39 is 7.72 Å². The Labute approximate surface area is 313 Å². The standard InChI is InChI=1S/C50H40O2P/c1-7-19-39(20-8-1)49(40-21-9-2-10-22-40)43-31-35-45(36-32-43)51-53(47-27-15-5-16-28-47,48-29-17-6-18-30-48)52-46-37-33-44(34-38-46)50(41-23-11-3-12-24-41)42-25-13-4-14-26-42/h1-38,49-50H/q+1. The van der Waals surface area contributed by atoms with Crippen molar-refractivity contribution >= 4 is 18.3 Å². The lowest BCUT2D eigenvalue weighted by Gasteiger charge is -2.25. The predicted molar refractivity (Wildman–Crippen MR) is 221 cm³/mol. The van der Waals surface area contributed by atoms with E-state index in [2.05, 4.69) is 218 Å². The molecule has 256 valence electrons. The molecule has 8 aromatic rings. The van der Waals surface area contributed by atoms with Gasteiger partial charge in [-0.2, -0.15) is 0 Å². The molecule has 0 aliphatic rings. The normalized spacial score (nSPS) is 11.4. The van der Waals surface area contributed by atoms with Crippen molar-refractivity contribution in [2.24, 2.45) is 0 Å². The fourth-order valence-electron chi connectivity index (χ4n) is 7.10. The van der Waals surface area contributed by atoms with Gasteiger partial charge >= 0.3 is 7.72 Å². The molecule has 0 saturated heterocycles. The van der Waals surface area contributed by atoms with Crippen LogP contribution in [0.2, 0.25) is 0 Å². The van der Waals surface area contributed by atoms with Gasteiger partial charge in [0.1, 0.15) is 0 Å². The van der Waals surface area contributed by atoms with Crippen molar-refractivity contribution in [1.82, 2.24) is 0 Å². The summed E-state index contributed by atoms with van der Waals surface area (Å²) in [6, 6.07) is 80.6. The van der Waals surface area contributed by atoms with Crippen molar-refractivity contribution in [2.45, 2.75) is 11.8 Å². The van der Waals surface area contributed by atoms with E-state index in [-0.39, 0.29) is 11.8 Å². The highest BCUT2D eigenvalue weighted by atomic mass is 31.2. The van der Waals surface area contributed by atoms with Crippen LogP contribution in [0.3, 0.4) is 0 Å². The van der Waals surface area contributed by atoms with Gasteiger partial charge in [0, 0.05) is 11.8 Å². The molecule has 2 nitrogen and oxygen atoms in total. The molecule has 0 bridgehead atoms. The molecular formula is C50H40O2P+. The first kappa shape index (κ1) is 33.9. The molecule has 0 spiro atoms. The quantitative estimate of drug-likeness (QED) is 0.0932. The molecule has 3 heteroatoms. The van der Waals surface area contributed by atoms with Crippen LogP contribution in [0.1, 0.15) is 45.2 Å². The Bertz CT molecular complexity index is 2050. The van der Waals surface area contributed by atoms with Crippen molar-refractivity contribution in [3.8, 4) is 11.5 Å². The fraction of sp³-hybridized carbons (Fsp3) is 0.0400. The Balaban J connectivity index is 1.17. The molecular weight excluding hydrogens is 664 g/mol. The summed E-state index contributed by atoms with van der Waals surface area (Å²) in [6.07, 6.45) is 0. The second kappa shape index (κ2) is 16.0. The predicted octanol–water partition coefficient (Wildman–Crippen LogP) is 12.0. The molecule has 0 radical (unpaired) electrons. The third-order valence-corrected chi connectivity index (χ3v) is 12.5. The monoisotopic (exact) mass is 703 g/mol. The third-order valence-electron chi connectivity index (χ3n) is 9.62. The summed E-state index contributed by atoms with van der Waals surface area (Å²) >= 11 is 0. The number of hydrogen-bond donors (Lipinski definition) is 0. The van der Waals surface area contributed by atoms with Crippen LogP contribution in [0, 0.1) is 0 Å². The summed E-state index contributed by atoms with van der Waals surface area (Å²) in [5, 5.41) is 1.99. The fourth-order valence-corrected chi connectivity index (χ4v) is 9.83. The van der Waals surface area contributed by atoms with E-state index in [0.717, 1.165) is 22.1 Å². The minimum Gasteiger partial charge on any atom is -0.299 e. The molecule has 8 rings (SSSR count). The third kappa shape index (κ3) is 7.56. The highest BCUT2D eigenvalue weighted by Crippen LogP contribution is 2.58. The van der Waals surface area contributed by atoms with Gasteiger partial charge in [-0.05, 0) is 81.9 Å². The van der Waals surface area contributed by atoms with Gasteiger partial charge in [0.25, 0.3) is 0 Å². The van der Waals surface area contributed by atoms with Crippen LogP contribution in [-0.4, -0.2) is 0 Å². The molecule has 0 saturated carbocycles. The first-order chi connectivity index (χ1) is 26.3. The van der Waals surface area contributed by atoms with E-state index in [9.17, 15) is 0 Å². The molecule has 0 aliphatic carbocycles. The van der Waals surface area contributed by atoms with Crippen molar-refractivity contribution in [1.29, 1.82) is 0 Å². The van der Waals surface area contributed by atoms with Crippen LogP contribution in [0.5, 0.6) is 11.5 Å². The summed E-state index contributed by atoms with van der Waals surface area (Å²) < 4.78 is 14.5. The maximum Gasteiger partial charge on any atom is 0.428 e. The van der Waals surface area contributed by atoms with Gasteiger partial charge in [0.15, 0.2) is 22.1 Å². The molecule has 0 amide bonds. The minimum absolute atomic E-state index is 0.0969. The number of benzene rings is 8. The van der Waals surface area contributed by atoms with Crippen LogP contribution >= 0.6 is 7.72 Å². The van der Waals surface area contributed by atoms with Crippen LogP contribution < -0.4 is 19.7 Å². The van der Waals surface area contributed by atoms with E-state index in [1.165, 1.54) is 33.4 Å². The Morgan fingerprint density at radius 1 is 0.245 bits per heavy atom. The molecule has 0 aromatic heterocycles. The van der Waals surface area contributed by atoms with Crippen molar-refractivity contribution in [3.05, 3.63) is 264 Å². The van der Waals surface area contributed by atoms with Crippen LogP contribution in [0.25, 0.3) is 0 Å². The molecule has 0 atom stereocenters. The zero-order valence-electron chi connectivity index (χ0n) is 29.4. The summed E-state index contributed by atoms with van der Waals surface area (Å²) in [4.78, 5) is 0. The second-order valence-electron chi connectivity index (χ2n) is 13.1. The van der Waals surface area contributed by atoms with E-state index >= 15 is 0 Å². The highest BCUT2D eigenvalue weighted by Gasteiger charge is 2.51. The Hall–Kier alpha value is -6.21. The maximum absolute atomic E-state index is 7.23. The van der Waals surface area contributed by atoms with Gasteiger partial charge in [-0.25, -0.2) is 0 Å². The van der Waals surface area contributed by atoms with Crippen LogP contribution in [0.4, 0.5) is 0 Å². The first-order valence-electron chi connectivity index (χ1n) is 18.1. The van der Waals surface area contributed by atoms with Gasteiger partial charge in [-0.1, -0.05) is 182 Å². The van der Waals surface area contributed by atoms with E-state index in [1.54, 1.807) is 0 Å². The summed E-state index contributed by atoms with van der Waals surface area (Å²) in [7, 11) is -2.95. The molecule has 0 N–H and O–H groups in total. The zero-order chi connectivity index (χ0) is 35.7. The summed E-state index contributed by atoms with van der Waals surface area (Å²) in [5.74, 6) is 1.69. The Kier molecular flexibility index (Phi) is 10.2. The Morgan fingerprint density at radius 3 is 0.736 bits per heavy atom. The highest BCUT2D eigenvalue weighted by molar-refractivity contribution is 7.81. The lowest BCUT2D eigenvalue weighted by molar-refractivity contribution is 0.486. The molecule has 0 aliphatic heterocycles. The molecule has 0 fully saturated rings. The molecule has 8 aromatic carbocycles. The lowest BCUT2D eigenvalue weighted by atomic mass is 9.85. The van der Waals surface area contributed by atoms with E-state index in [0.29, 0.717) is 0 Å². The second-order valence-corrected chi connectivity index (χ2v) is 15.6. The van der Waals surface area contributed by atoms with Gasteiger partial charge in [0.05, 0.1) is 0 Å². The van der Waals surface area contributed by atoms with E-state index in [4.69, 9.17) is 9.05 Å². The van der Waals surface area contributed by atoms with Gasteiger partial charge in [0.2, 0.25) is 0 Å². The van der Waals surface area contributed by atoms with E-state index in [1.807, 2.05) is 12.1 Å². The first-order valence-corrected chi connectivity index (χ1v) is 19.7. The van der Waals surface area contributed by atoms with Crippen LogP contribution in [0.15, 0.2) is 231 Å². The van der Waals surface area contributed by atoms with Gasteiger partial charge < -0.3 is 0 Å². The smallest absolute Gasteiger partial charge is 0.299 e. The van der Waals surface area contributed by atoms with Gasteiger partial charge in [-0.15, -0.1) is 0 Å². The Morgan fingerprint density at radius 2 is 0.472 bits per heavy atom. The average Bonchev–Trinajstić information content (AvgIpc) is 3.24. The maximum atomic E-state index is 7.23.